The van der Waals surface area contributed by atoms with Crippen LogP contribution in [0.1, 0.15) is 38.5 Å². The van der Waals surface area contributed by atoms with Crippen LogP contribution in [0.5, 0.6) is 0 Å². The minimum Gasteiger partial charge on any atom is -0.463 e. The van der Waals surface area contributed by atoms with Crippen molar-refractivity contribution in [3.05, 3.63) is 68.9 Å². The van der Waals surface area contributed by atoms with Crippen molar-refractivity contribution in [2.75, 3.05) is 13.2 Å². The molecule has 3 rings (SSSR count). The van der Waals surface area contributed by atoms with Gasteiger partial charge in [0, 0.05) is 16.3 Å². The van der Waals surface area contributed by atoms with Crippen LogP contribution in [0.4, 0.5) is 4.39 Å². The van der Waals surface area contributed by atoms with E-state index in [4.69, 9.17) is 9.47 Å². The molecule has 0 amide bonds. The molecule has 158 valence electrons. The molecule has 0 atom stereocenters. The third-order valence-electron chi connectivity index (χ3n) is 4.83. The molecule has 1 aromatic heterocycles. The van der Waals surface area contributed by atoms with E-state index >= 15 is 0 Å². The molecule has 1 aliphatic heterocycles. The van der Waals surface area contributed by atoms with Gasteiger partial charge in [0.1, 0.15) is 5.82 Å². The Morgan fingerprint density at radius 2 is 1.50 bits per heavy atom. The van der Waals surface area contributed by atoms with Gasteiger partial charge in [-0.25, -0.2) is 14.0 Å². The van der Waals surface area contributed by atoms with Crippen molar-refractivity contribution in [3.8, 4) is 11.1 Å². The Balaban J connectivity index is 2.11. The molecule has 0 unspecified atom stereocenters. The Hall–Kier alpha value is -2.93. The third-order valence-corrected chi connectivity index (χ3v) is 5.83. The number of benzene rings is 1. The maximum atomic E-state index is 13.3. The van der Waals surface area contributed by atoms with Crippen molar-refractivity contribution < 1.29 is 23.5 Å². The van der Waals surface area contributed by atoms with Crippen LogP contribution in [0, 0.1) is 5.82 Å². The molecular formula is C23H24FNO4S. The summed E-state index contributed by atoms with van der Waals surface area (Å²) in [5.41, 5.74) is 3.79. The second-order valence-corrected chi connectivity index (χ2v) is 7.76. The van der Waals surface area contributed by atoms with Crippen molar-refractivity contribution >= 4 is 23.3 Å². The number of carbonyl (C=O) groups excluding carboxylic acids is 2. The minimum absolute atomic E-state index is 0.227. The number of dihydropyridines is 1. The predicted octanol–water partition coefficient (Wildman–Crippen LogP) is 4.92. The predicted molar refractivity (Wildman–Crippen MR) is 114 cm³/mol. The summed E-state index contributed by atoms with van der Waals surface area (Å²) in [5, 5.41) is 5.05. The molecule has 2 heterocycles. The quantitative estimate of drug-likeness (QED) is 0.661. The smallest absolute Gasteiger partial charge is 0.336 e. The van der Waals surface area contributed by atoms with Gasteiger partial charge < -0.3 is 14.8 Å². The number of hydrogen-bond acceptors (Lipinski definition) is 6. The van der Waals surface area contributed by atoms with Gasteiger partial charge in [0.15, 0.2) is 0 Å². The number of halogens is 1. The molecule has 5 nitrogen and oxygen atoms in total. The Kier molecular flexibility index (Phi) is 6.72. The highest BCUT2D eigenvalue weighted by molar-refractivity contribution is 7.10. The monoisotopic (exact) mass is 429 g/mol. The number of allylic oxidation sites excluding steroid dienone is 2. The molecule has 0 spiro atoms. The fraction of sp³-hybridized carbons (Fsp3) is 0.304. The fourth-order valence-electron chi connectivity index (χ4n) is 3.54. The fourth-order valence-corrected chi connectivity index (χ4v) is 4.57. The highest BCUT2D eigenvalue weighted by Gasteiger charge is 2.38. The van der Waals surface area contributed by atoms with E-state index in [-0.39, 0.29) is 19.0 Å². The number of esters is 2. The van der Waals surface area contributed by atoms with Crippen molar-refractivity contribution in [2.24, 2.45) is 0 Å². The van der Waals surface area contributed by atoms with E-state index in [0.29, 0.717) is 22.5 Å². The SMILES string of the molecule is CCOC(=O)C1=C(C)NC(C)=C(C(=O)OCC)C1c1cc(-c2ccc(F)cc2)cs1. The number of hydrogen-bond donors (Lipinski definition) is 1. The topological polar surface area (TPSA) is 64.6 Å². The van der Waals surface area contributed by atoms with Crippen LogP contribution >= 0.6 is 11.3 Å². The van der Waals surface area contributed by atoms with Crippen LogP contribution in [-0.2, 0) is 19.1 Å². The van der Waals surface area contributed by atoms with E-state index in [1.165, 1.54) is 23.5 Å². The molecule has 0 radical (unpaired) electrons. The maximum Gasteiger partial charge on any atom is 0.336 e. The average Bonchev–Trinajstić information content (AvgIpc) is 3.18. The van der Waals surface area contributed by atoms with Gasteiger partial charge in [-0.05, 0) is 62.4 Å². The van der Waals surface area contributed by atoms with Crippen LogP contribution in [-0.4, -0.2) is 25.2 Å². The number of ether oxygens (including phenoxy) is 2. The van der Waals surface area contributed by atoms with Gasteiger partial charge in [-0.1, -0.05) is 12.1 Å². The summed E-state index contributed by atoms with van der Waals surface area (Å²) in [5.74, 6) is -1.86. The van der Waals surface area contributed by atoms with Crippen molar-refractivity contribution in [1.82, 2.24) is 5.32 Å². The number of rotatable bonds is 6. The molecule has 2 aromatic rings. The van der Waals surface area contributed by atoms with Gasteiger partial charge in [0.25, 0.3) is 0 Å². The van der Waals surface area contributed by atoms with Crippen molar-refractivity contribution in [3.63, 3.8) is 0 Å². The zero-order valence-electron chi connectivity index (χ0n) is 17.4. The Bertz CT molecular complexity index is 980. The van der Waals surface area contributed by atoms with Crippen LogP contribution in [0.15, 0.2) is 58.3 Å². The molecule has 0 aliphatic carbocycles. The van der Waals surface area contributed by atoms with E-state index in [2.05, 4.69) is 5.32 Å². The molecule has 0 bridgehead atoms. The molecule has 0 saturated carbocycles. The van der Waals surface area contributed by atoms with Crippen LogP contribution < -0.4 is 5.32 Å². The lowest BCUT2D eigenvalue weighted by Gasteiger charge is -2.29. The largest absolute Gasteiger partial charge is 0.463 e. The zero-order valence-corrected chi connectivity index (χ0v) is 18.2. The average molecular weight is 430 g/mol. The Labute approximate surface area is 179 Å². The first kappa shape index (κ1) is 21.8. The second-order valence-electron chi connectivity index (χ2n) is 6.82. The van der Waals surface area contributed by atoms with Crippen molar-refractivity contribution in [1.29, 1.82) is 0 Å². The van der Waals surface area contributed by atoms with Crippen molar-refractivity contribution in [2.45, 2.75) is 33.6 Å². The molecular weight excluding hydrogens is 405 g/mol. The highest BCUT2D eigenvalue weighted by Crippen LogP contribution is 2.43. The molecule has 30 heavy (non-hydrogen) atoms. The summed E-state index contributed by atoms with van der Waals surface area (Å²) in [6, 6.07) is 8.13. The Morgan fingerprint density at radius 1 is 0.967 bits per heavy atom. The first-order chi connectivity index (χ1) is 14.4. The minimum atomic E-state index is -0.608. The third kappa shape index (κ3) is 4.31. The summed E-state index contributed by atoms with van der Waals surface area (Å²) in [6.45, 7) is 7.52. The van der Waals surface area contributed by atoms with Crippen LogP contribution in [0.25, 0.3) is 11.1 Å². The van der Waals surface area contributed by atoms with E-state index in [0.717, 1.165) is 16.0 Å². The van der Waals surface area contributed by atoms with E-state index in [9.17, 15) is 14.0 Å². The van der Waals surface area contributed by atoms with Crippen LogP contribution in [0.3, 0.4) is 0 Å². The van der Waals surface area contributed by atoms with E-state index < -0.39 is 17.9 Å². The molecule has 1 N–H and O–H groups in total. The lowest BCUT2D eigenvalue weighted by Crippen LogP contribution is -2.32. The van der Waals surface area contributed by atoms with E-state index in [1.54, 1.807) is 39.8 Å². The standard InChI is InChI=1S/C23H24FNO4S/c1-5-28-22(26)19-13(3)25-14(4)20(23(27)29-6-2)21(19)18-11-16(12-30-18)15-7-9-17(24)10-8-15/h7-12,21,25H,5-6H2,1-4H3. The number of nitrogens with one attached hydrogen (secondary N) is 1. The molecule has 1 aliphatic rings. The van der Waals surface area contributed by atoms with Gasteiger partial charge in [-0.2, -0.15) is 0 Å². The summed E-state index contributed by atoms with van der Waals surface area (Å²) < 4.78 is 23.9. The van der Waals surface area contributed by atoms with Gasteiger partial charge in [-0.3, -0.25) is 0 Å². The molecule has 0 fully saturated rings. The Morgan fingerprint density at radius 3 is 2.00 bits per heavy atom. The highest BCUT2D eigenvalue weighted by atomic mass is 32.1. The normalized spacial score (nSPS) is 14.6. The summed E-state index contributed by atoms with van der Waals surface area (Å²) in [4.78, 5) is 26.4. The second kappa shape index (κ2) is 9.26. The molecule has 0 saturated heterocycles. The first-order valence-corrected chi connectivity index (χ1v) is 10.6. The summed E-state index contributed by atoms with van der Waals surface area (Å²) in [6.07, 6.45) is 0. The molecule has 1 aromatic carbocycles. The lowest BCUT2D eigenvalue weighted by molar-refractivity contribution is -0.139. The summed E-state index contributed by atoms with van der Waals surface area (Å²) in [7, 11) is 0. The summed E-state index contributed by atoms with van der Waals surface area (Å²) >= 11 is 1.43. The maximum absolute atomic E-state index is 13.3. The van der Waals surface area contributed by atoms with Gasteiger partial charge in [0.2, 0.25) is 0 Å². The first-order valence-electron chi connectivity index (χ1n) is 9.74. The number of thiophene rings is 1. The van der Waals surface area contributed by atoms with E-state index in [1.807, 2.05) is 11.4 Å². The number of carbonyl (C=O) groups is 2. The molecule has 7 heteroatoms. The van der Waals surface area contributed by atoms with Gasteiger partial charge >= 0.3 is 11.9 Å². The lowest BCUT2D eigenvalue weighted by atomic mass is 9.84. The van der Waals surface area contributed by atoms with Gasteiger partial charge in [0.05, 0.1) is 30.3 Å². The zero-order chi connectivity index (χ0) is 21.8. The van der Waals surface area contributed by atoms with Gasteiger partial charge in [-0.15, -0.1) is 11.3 Å². The van der Waals surface area contributed by atoms with Crippen LogP contribution in [0.2, 0.25) is 0 Å².